The zero-order valence-electron chi connectivity index (χ0n) is 34.8. The van der Waals surface area contributed by atoms with E-state index in [2.05, 4.69) is 175 Å². The lowest BCUT2D eigenvalue weighted by atomic mass is 9.47. The molecule has 0 unspecified atom stereocenters. The van der Waals surface area contributed by atoms with Gasteiger partial charge in [-0.1, -0.05) is 109 Å². The van der Waals surface area contributed by atoms with E-state index in [1.807, 2.05) is 11.3 Å². The van der Waals surface area contributed by atoms with Gasteiger partial charge in [-0.3, -0.25) is 0 Å². The third kappa shape index (κ3) is 4.64. The lowest BCUT2D eigenvalue weighted by Gasteiger charge is -2.57. The summed E-state index contributed by atoms with van der Waals surface area (Å²) in [6.45, 7) is 0. The fraction of sp³-hybridized carbons (Fsp3) is 0.186. The number of para-hydroxylation sites is 2. The zero-order chi connectivity index (χ0) is 41.0. The number of anilines is 3. The Kier molecular flexibility index (Phi) is 6.94. The molecule has 8 aromatic carbocycles. The van der Waals surface area contributed by atoms with Crippen LogP contribution >= 0.6 is 11.3 Å². The Bertz CT molecular complexity index is 3490. The van der Waals surface area contributed by atoms with Crippen LogP contribution in [0.4, 0.5) is 17.1 Å². The molecule has 4 bridgehead atoms. The van der Waals surface area contributed by atoms with Crippen molar-refractivity contribution < 1.29 is 9.15 Å². The summed E-state index contributed by atoms with van der Waals surface area (Å²) < 4.78 is 16.8. The summed E-state index contributed by atoms with van der Waals surface area (Å²) in [6.07, 6.45) is 7.84. The average Bonchev–Trinajstić information content (AvgIpc) is 3.98. The lowest BCUT2D eigenvalue weighted by molar-refractivity contribution is -0.00609. The van der Waals surface area contributed by atoms with E-state index in [-0.39, 0.29) is 5.41 Å². The number of benzene rings is 8. The number of hydrogen-bond donors (Lipinski definition) is 0. The molecule has 3 heterocycles. The van der Waals surface area contributed by atoms with E-state index >= 15 is 0 Å². The van der Waals surface area contributed by atoms with Crippen molar-refractivity contribution in [3.63, 3.8) is 0 Å². The van der Waals surface area contributed by atoms with E-state index in [1.54, 1.807) is 0 Å². The molecule has 0 saturated heterocycles. The standard InChI is InChI=1S/C59H43NO2S/c1-5-16-45-40(12-1)41-13-2-6-17-46(41)59(45)47-18-7-9-21-52(47)62-57-48(58-32-35-26-36(33-58)28-37(27-35)34-58)30-39(31-49(57)59)60(38-24-25-55-44(29-38)42-14-4-10-23-54(42)63-55)50-19-11-22-53-56(50)43-15-3-8-20-51(43)61-53/h1-25,29-31,35-37H,26-28,32-34H2. The van der Waals surface area contributed by atoms with Crippen molar-refractivity contribution in [1.82, 2.24) is 0 Å². The minimum atomic E-state index is -0.585. The molecular formula is C59H43NO2S. The summed E-state index contributed by atoms with van der Waals surface area (Å²) >= 11 is 1.88. The summed E-state index contributed by atoms with van der Waals surface area (Å²) in [6, 6.07) is 63.6. The number of furan rings is 1. The Morgan fingerprint density at radius 3 is 1.87 bits per heavy atom. The van der Waals surface area contributed by atoms with Gasteiger partial charge in [0, 0.05) is 53.6 Å². The predicted octanol–water partition coefficient (Wildman–Crippen LogP) is 16.4. The van der Waals surface area contributed by atoms with Crippen LogP contribution in [0, 0.1) is 17.8 Å². The maximum Gasteiger partial charge on any atom is 0.137 e. The molecule has 0 N–H and O–H groups in total. The Morgan fingerprint density at radius 2 is 1.10 bits per heavy atom. The van der Waals surface area contributed by atoms with Crippen molar-refractivity contribution in [2.75, 3.05) is 4.90 Å². The number of nitrogens with zero attached hydrogens (tertiary/aromatic N) is 1. The van der Waals surface area contributed by atoms with Gasteiger partial charge in [0.25, 0.3) is 0 Å². The van der Waals surface area contributed by atoms with Gasteiger partial charge in [0.05, 0.1) is 16.5 Å². The van der Waals surface area contributed by atoms with E-state index in [1.165, 1.54) is 103 Å². The summed E-state index contributed by atoms with van der Waals surface area (Å²) in [5.74, 6) is 4.35. The van der Waals surface area contributed by atoms with E-state index < -0.39 is 5.41 Å². The smallest absolute Gasteiger partial charge is 0.137 e. The molecule has 10 aromatic rings. The number of rotatable bonds is 4. The molecule has 4 heteroatoms. The van der Waals surface area contributed by atoms with Crippen molar-refractivity contribution in [1.29, 1.82) is 0 Å². The maximum absolute atomic E-state index is 7.54. The lowest BCUT2D eigenvalue weighted by Crippen LogP contribution is -2.49. The van der Waals surface area contributed by atoms with E-state index in [9.17, 15) is 0 Å². The largest absolute Gasteiger partial charge is 0.456 e. The van der Waals surface area contributed by atoms with Gasteiger partial charge in [0.2, 0.25) is 0 Å². The fourth-order valence-corrected chi connectivity index (χ4v) is 15.2. The van der Waals surface area contributed by atoms with Gasteiger partial charge in [-0.05, 0) is 145 Å². The normalized spacial score (nSPS) is 22.1. The number of ether oxygens (including phenoxy) is 1. The predicted molar refractivity (Wildman–Crippen MR) is 259 cm³/mol. The molecule has 0 atom stereocenters. The number of hydrogen-bond acceptors (Lipinski definition) is 4. The van der Waals surface area contributed by atoms with E-state index in [0.29, 0.717) is 0 Å². The number of thiophene rings is 1. The first-order valence-corrected chi connectivity index (χ1v) is 23.7. The first kappa shape index (κ1) is 34.9. The second kappa shape index (κ2) is 12.5. The van der Waals surface area contributed by atoms with Crippen molar-refractivity contribution in [3.05, 3.63) is 198 Å². The highest BCUT2D eigenvalue weighted by Gasteiger charge is 2.56. The van der Waals surface area contributed by atoms with Crippen LogP contribution in [0.3, 0.4) is 0 Å². The number of fused-ring (bicyclic) bond motifs is 15. The van der Waals surface area contributed by atoms with Crippen LogP contribution in [-0.2, 0) is 10.8 Å². The quantitative estimate of drug-likeness (QED) is 0.177. The van der Waals surface area contributed by atoms with E-state index in [4.69, 9.17) is 9.15 Å². The van der Waals surface area contributed by atoms with Crippen LogP contribution < -0.4 is 9.64 Å². The fourth-order valence-electron chi connectivity index (χ4n) is 14.1. The average molecular weight is 830 g/mol. The molecule has 4 saturated carbocycles. The summed E-state index contributed by atoms with van der Waals surface area (Å²) in [5, 5.41) is 4.84. The zero-order valence-corrected chi connectivity index (χ0v) is 35.6. The second-order valence-corrected chi connectivity index (χ2v) is 20.5. The third-order valence-electron chi connectivity index (χ3n) is 16.0. The first-order chi connectivity index (χ1) is 31.1. The highest BCUT2D eigenvalue weighted by molar-refractivity contribution is 7.25. The van der Waals surface area contributed by atoms with Gasteiger partial charge in [-0.15, -0.1) is 11.3 Å². The van der Waals surface area contributed by atoms with Gasteiger partial charge < -0.3 is 14.1 Å². The SMILES string of the molecule is c1ccc2c(c1)Oc1c(C34CC5CC(CC(C5)C3)C4)cc(N(c3ccc4sc5ccccc5c4c3)c3cccc4oc5ccccc5c34)cc1C21c2ccccc2-c2ccccc21. The Hall–Kier alpha value is -6.62. The van der Waals surface area contributed by atoms with Crippen LogP contribution in [0.25, 0.3) is 53.2 Å². The van der Waals surface area contributed by atoms with Crippen LogP contribution in [0.5, 0.6) is 11.5 Å². The molecule has 16 rings (SSSR count). The first-order valence-electron chi connectivity index (χ1n) is 22.9. The molecular weight excluding hydrogens is 787 g/mol. The minimum Gasteiger partial charge on any atom is -0.456 e. The molecule has 4 fully saturated rings. The molecule has 0 amide bonds. The van der Waals surface area contributed by atoms with Crippen LogP contribution in [0.1, 0.15) is 66.3 Å². The van der Waals surface area contributed by atoms with E-state index in [0.717, 1.165) is 62.6 Å². The van der Waals surface area contributed by atoms with Gasteiger partial charge >= 0.3 is 0 Å². The highest BCUT2D eigenvalue weighted by atomic mass is 32.1. The van der Waals surface area contributed by atoms with Crippen LogP contribution in [0.2, 0.25) is 0 Å². The van der Waals surface area contributed by atoms with Crippen LogP contribution in [0.15, 0.2) is 174 Å². The Morgan fingerprint density at radius 1 is 0.476 bits per heavy atom. The van der Waals surface area contributed by atoms with Gasteiger partial charge in [0.1, 0.15) is 22.7 Å². The summed E-state index contributed by atoms with van der Waals surface area (Å²) in [7, 11) is 0. The van der Waals surface area contributed by atoms with Gasteiger partial charge in [0.15, 0.2) is 0 Å². The molecule has 2 aromatic heterocycles. The maximum atomic E-state index is 7.54. The summed E-state index contributed by atoms with van der Waals surface area (Å²) in [5.41, 5.74) is 13.8. The minimum absolute atomic E-state index is 0.0352. The summed E-state index contributed by atoms with van der Waals surface area (Å²) in [4.78, 5) is 2.57. The second-order valence-electron chi connectivity index (χ2n) is 19.4. The van der Waals surface area contributed by atoms with Crippen molar-refractivity contribution >= 4 is 70.5 Å². The molecule has 3 nitrogen and oxygen atoms in total. The van der Waals surface area contributed by atoms with Crippen LogP contribution in [-0.4, -0.2) is 0 Å². The molecule has 1 aliphatic heterocycles. The molecule has 6 aliphatic rings. The highest BCUT2D eigenvalue weighted by Crippen LogP contribution is 2.68. The molecule has 5 aliphatic carbocycles. The van der Waals surface area contributed by atoms with Gasteiger partial charge in [-0.2, -0.15) is 0 Å². The van der Waals surface area contributed by atoms with Crippen molar-refractivity contribution in [3.8, 4) is 22.6 Å². The Balaban J connectivity index is 1.10. The monoisotopic (exact) mass is 829 g/mol. The molecule has 302 valence electrons. The molecule has 0 radical (unpaired) electrons. The third-order valence-corrected chi connectivity index (χ3v) is 17.2. The Labute approximate surface area is 370 Å². The molecule has 1 spiro atoms. The topological polar surface area (TPSA) is 25.6 Å². The van der Waals surface area contributed by atoms with Crippen molar-refractivity contribution in [2.24, 2.45) is 17.8 Å². The van der Waals surface area contributed by atoms with Crippen molar-refractivity contribution in [2.45, 2.75) is 49.4 Å². The van der Waals surface area contributed by atoms with Gasteiger partial charge in [-0.25, -0.2) is 0 Å². The molecule has 63 heavy (non-hydrogen) atoms.